The first-order chi connectivity index (χ1) is 4.61. The molecule has 0 aromatic heterocycles. The Morgan fingerprint density at radius 2 is 2.40 bits per heavy atom. The molecule has 1 aliphatic rings. The van der Waals surface area contributed by atoms with E-state index >= 15 is 0 Å². The van der Waals surface area contributed by atoms with Gasteiger partial charge in [0.15, 0.2) is 0 Å². The molecule has 0 aliphatic carbocycles. The van der Waals surface area contributed by atoms with Gasteiger partial charge in [0.05, 0.1) is 5.92 Å². The van der Waals surface area contributed by atoms with E-state index in [-0.39, 0.29) is 11.8 Å². The quantitative estimate of drug-likeness (QED) is 0.483. The first-order valence-corrected chi connectivity index (χ1v) is 3.29. The minimum absolute atomic E-state index is 0.167. The zero-order chi connectivity index (χ0) is 7.72. The molecule has 58 valence electrons. The Bertz CT molecular complexity index is 139. The fourth-order valence-electron chi connectivity index (χ4n) is 1.18. The van der Waals surface area contributed by atoms with Gasteiger partial charge in [-0.2, -0.15) is 0 Å². The lowest BCUT2D eigenvalue weighted by molar-refractivity contribution is -0.121. The van der Waals surface area contributed by atoms with Crippen LogP contribution in [-0.4, -0.2) is 35.7 Å². The molecule has 0 saturated carbocycles. The molecule has 1 fully saturated rings. The molecule has 0 radical (unpaired) electrons. The highest BCUT2D eigenvalue weighted by Gasteiger charge is 2.30. The van der Waals surface area contributed by atoms with Crippen LogP contribution in [0.1, 0.15) is 6.42 Å². The second-order valence-corrected chi connectivity index (χ2v) is 2.76. The number of hydrogen-bond donors (Lipinski definition) is 2. The molecule has 1 amide bonds. The Morgan fingerprint density at radius 3 is 2.60 bits per heavy atom. The number of nitrogens with zero attached hydrogens (tertiary/aromatic N) is 1. The van der Waals surface area contributed by atoms with Gasteiger partial charge in [0.2, 0.25) is 5.91 Å². The lowest BCUT2D eigenvalue weighted by Crippen LogP contribution is -2.26. The van der Waals surface area contributed by atoms with Gasteiger partial charge in [-0.1, -0.05) is 0 Å². The molecule has 4 heteroatoms. The van der Waals surface area contributed by atoms with Crippen molar-refractivity contribution in [3.05, 3.63) is 0 Å². The Morgan fingerprint density at radius 1 is 1.80 bits per heavy atom. The Balaban J connectivity index is 2.49. The summed E-state index contributed by atoms with van der Waals surface area (Å²) < 4.78 is 0. The summed E-state index contributed by atoms with van der Waals surface area (Å²) in [6.07, 6.45) is -0.0104. The lowest BCUT2D eigenvalue weighted by Gasteiger charge is -2.10. The number of aliphatic hydroxyl groups is 1. The van der Waals surface area contributed by atoms with Crippen LogP contribution in [0.2, 0.25) is 0 Å². The summed E-state index contributed by atoms with van der Waals surface area (Å²) in [5.41, 5.74) is 5.05. The first-order valence-electron chi connectivity index (χ1n) is 3.29. The molecule has 1 heterocycles. The van der Waals surface area contributed by atoms with Gasteiger partial charge in [0.1, 0.15) is 6.23 Å². The van der Waals surface area contributed by atoms with Crippen LogP contribution in [0.3, 0.4) is 0 Å². The summed E-state index contributed by atoms with van der Waals surface area (Å²) in [6.45, 7) is 0.580. The van der Waals surface area contributed by atoms with E-state index < -0.39 is 6.23 Å². The Kier molecular flexibility index (Phi) is 1.92. The molecule has 1 aliphatic heterocycles. The minimum Gasteiger partial charge on any atom is -0.378 e. The van der Waals surface area contributed by atoms with E-state index in [1.54, 1.807) is 11.9 Å². The van der Waals surface area contributed by atoms with Crippen LogP contribution in [0.15, 0.2) is 0 Å². The highest BCUT2D eigenvalue weighted by Crippen LogP contribution is 2.18. The summed E-state index contributed by atoms with van der Waals surface area (Å²) in [4.78, 5) is 12.3. The van der Waals surface area contributed by atoms with Gasteiger partial charge in [0, 0.05) is 6.54 Å². The molecule has 3 N–H and O–H groups in total. The molecule has 0 aromatic rings. The third kappa shape index (κ3) is 1.27. The van der Waals surface area contributed by atoms with Gasteiger partial charge in [-0.25, -0.2) is 0 Å². The van der Waals surface area contributed by atoms with Gasteiger partial charge in [0.25, 0.3) is 0 Å². The first kappa shape index (κ1) is 7.50. The number of primary amides is 1. The SMILES string of the molecule is CN1CC(C(N)=O)CC1O. The van der Waals surface area contributed by atoms with E-state index in [4.69, 9.17) is 10.8 Å². The van der Waals surface area contributed by atoms with Crippen molar-refractivity contribution in [3.63, 3.8) is 0 Å². The van der Waals surface area contributed by atoms with Gasteiger partial charge in [-0.15, -0.1) is 0 Å². The van der Waals surface area contributed by atoms with Crippen LogP contribution in [0.5, 0.6) is 0 Å². The molecule has 0 aromatic carbocycles. The largest absolute Gasteiger partial charge is 0.378 e. The molecular weight excluding hydrogens is 132 g/mol. The molecule has 2 unspecified atom stereocenters. The second kappa shape index (κ2) is 2.56. The maximum Gasteiger partial charge on any atom is 0.221 e. The van der Waals surface area contributed by atoms with E-state index in [2.05, 4.69) is 0 Å². The fraction of sp³-hybridized carbons (Fsp3) is 0.833. The van der Waals surface area contributed by atoms with Gasteiger partial charge in [-0.05, 0) is 13.5 Å². The average Bonchev–Trinajstić information content (AvgIpc) is 2.13. The van der Waals surface area contributed by atoms with Crippen LogP contribution in [0.4, 0.5) is 0 Å². The number of carbonyl (C=O) groups excluding carboxylic acids is 1. The van der Waals surface area contributed by atoms with E-state index in [1.807, 2.05) is 0 Å². The highest BCUT2D eigenvalue weighted by atomic mass is 16.3. The number of hydrogen-bond acceptors (Lipinski definition) is 3. The van der Waals surface area contributed by atoms with Gasteiger partial charge in [-0.3, -0.25) is 9.69 Å². The standard InChI is InChI=1S/C6H12N2O2/c1-8-3-4(6(7)10)2-5(8)9/h4-5,9H,2-3H2,1H3,(H2,7,10). The average molecular weight is 144 g/mol. The molecule has 10 heavy (non-hydrogen) atoms. The van der Waals surface area contributed by atoms with Crippen LogP contribution >= 0.6 is 0 Å². The summed E-state index contributed by atoms with van der Waals surface area (Å²) in [7, 11) is 1.77. The molecule has 2 atom stereocenters. The van der Waals surface area contributed by atoms with Crippen molar-refractivity contribution in [3.8, 4) is 0 Å². The van der Waals surface area contributed by atoms with Crippen molar-refractivity contribution >= 4 is 5.91 Å². The van der Waals surface area contributed by atoms with E-state index in [9.17, 15) is 4.79 Å². The van der Waals surface area contributed by atoms with Crippen LogP contribution in [-0.2, 0) is 4.79 Å². The van der Waals surface area contributed by atoms with Crippen molar-refractivity contribution in [1.82, 2.24) is 4.90 Å². The van der Waals surface area contributed by atoms with Crippen LogP contribution in [0, 0.1) is 5.92 Å². The zero-order valence-corrected chi connectivity index (χ0v) is 5.95. The fourth-order valence-corrected chi connectivity index (χ4v) is 1.18. The highest BCUT2D eigenvalue weighted by molar-refractivity contribution is 5.77. The zero-order valence-electron chi connectivity index (χ0n) is 5.95. The third-order valence-corrected chi connectivity index (χ3v) is 1.91. The number of aliphatic hydroxyl groups excluding tert-OH is 1. The summed E-state index contributed by atoms with van der Waals surface area (Å²) in [6, 6.07) is 0. The maximum atomic E-state index is 10.6. The maximum absolute atomic E-state index is 10.6. The lowest BCUT2D eigenvalue weighted by atomic mass is 10.1. The summed E-state index contributed by atoms with van der Waals surface area (Å²) in [5.74, 6) is -0.483. The number of nitrogens with two attached hydrogens (primary N) is 1. The predicted molar refractivity (Wildman–Crippen MR) is 35.9 cm³/mol. The molecule has 1 saturated heterocycles. The monoisotopic (exact) mass is 144 g/mol. The predicted octanol–water partition coefficient (Wildman–Crippen LogP) is -1.26. The molecular formula is C6H12N2O2. The molecule has 0 spiro atoms. The second-order valence-electron chi connectivity index (χ2n) is 2.76. The van der Waals surface area contributed by atoms with Gasteiger partial charge >= 0.3 is 0 Å². The normalized spacial score (nSPS) is 34.6. The number of likely N-dealkylation sites (tertiary alicyclic amines) is 1. The number of amides is 1. The topological polar surface area (TPSA) is 66.6 Å². The Labute approximate surface area is 59.6 Å². The van der Waals surface area contributed by atoms with E-state index in [0.717, 1.165) is 0 Å². The summed E-state index contributed by atoms with van der Waals surface area (Å²) in [5, 5.41) is 9.14. The Hall–Kier alpha value is -0.610. The van der Waals surface area contributed by atoms with Crippen molar-refractivity contribution < 1.29 is 9.90 Å². The minimum atomic E-state index is -0.488. The van der Waals surface area contributed by atoms with Gasteiger partial charge < -0.3 is 10.8 Å². The van der Waals surface area contributed by atoms with Crippen molar-refractivity contribution in [2.24, 2.45) is 11.7 Å². The summed E-state index contributed by atoms with van der Waals surface area (Å²) >= 11 is 0. The number of rotatable bonds is 1. The van der Waals surface area contributed by atoms with Crippen molar-refractivity contribution in [1.29, 1.82) is 0 Å². The van der Waals surface area contributed by atoms with E-state index in [1.165, 1.54) is 0 Å². The third-order valence-electron chi connectivity index (χ3n) is 1.91. The van der Waals surface area contributed by atoms with Crippen molar-refractivity contribution in [2.75, 3.05) is 13.6 Å². The smallest absolute Gasteiger partial charge is 0.221 e. The molecule has 0 bridgehead atoms. The van der Waals surface area contributed by atoms with Crippen LogP contribution < -0.4 is 5.73 Å². The van der Waals surface area contributed by atoms with E-state index in [0.29, 0.717) is 13.0 Å². The number of carbonyl (C=O) groups is 1. The van der Waals surface area contributed by atoms with Crippen molar-refractivity contribution in [2.45, 2.75) is 12.6 Å². The molecule has 4 nitrogen and oxygen atoms in total. The molecule has 1 rings (SSSR count). The van der Waals surface area contributed by atoms with Crippen LogP contribution in [0.25, 0.3) is 0 Å².